The van der Waals surface area contributed by atoms with Crippen molar-refractivity contribution in [1.82, 2.24) is 9.55 Å². The monoisotopic (exact) mass is 282 g/mol. The number of hydrogen-bond acceptors (Lipinski definition) is 3. The normalized spacial score (nSPS) is 15.8. The SMILES string of the molecule is CC(O)C(O)(c1ccccc1)c1nc2ccccc2n1C. The van der Waals surface area contributed by atoms with Crippen molar-refractivity contribution in [1.29, 1.82) is 0 Å². The van der Waals surface area contributed by atoms with Crippen LogP contribution in [0.2, 0.25) is 0 Å². The van der Waals surface area contributed by atoms with Crippen LogP contribution in [0.3, 0.4) is 0 Å². The van der Waals surface area contributed by atoms with Crippen LogP contribution in [-0.2, 0) is 12.6 Å². The van der Waals surface area contributed by atoms with E-state index < -0.39 is 11.7 Å². The summed E-state index contributed by atoms with van der Waals surface area (Å²) in [4.78, 5) is 4.53. The lowest BCUT2D eigenvalue weighted by atomic mass is 9.88. The predicted octanol–water partition coefficient (Wildman–Crippen LogP) is 2.19. The van der Waals surface area contributed by atoms with Gasteiger partial charge in [-0.1, -0.05) is 42.5 Å². The second kappa shape index (κ2) is 4.98. The van der Waals surface area contributed by atoms with Gasteiger partial charge in [-0.15, -0.1) is 0 Å². The summed E-state index contributed by atoms with van der Waals surface area (Å²) in [7, 11) is 1.85. The van der Waals surface area contributed by atoms with Crippen molar-refractivity contribution in [3.8, 4) is 0 Å². The molecule has 3 aromatic rings. The van der Waals surface area contributed by atoms with Gasteiger partial charge in [-0.25, -0.2) is 4.98 Å². The average Bonchev–Trinajstić information content (AvgIpc) is 2.85. The summed E-state index contributed by atoms with van der Waals surface area (Å²) < 4.78 is 1.83. The highest BCUT2D eigenvalue weighted by molar-refractivity contribution is 5.76. The van der Waals surface area contributed by atoms with E-state index in [1.807, 2.05) is 54.1 Å². The molecule has 0 fully saturated rings. The largest absolute Gasteiger partial charge is 0.390 e. The molecular weight excluding hydrogens is 264 g/mol. The number of nitrogens with zero attached hydrogens (tertiary/aromatic N) is 2. The first-order valence-corrected chi connectivity index (χ1v) is 6.93. The van der Waals surface area contributed by atoms with Crippen LogP contribution < -0.4 is 0 Å². The van der Waals surface area contributed by atoms with Crippen LogP contribution in [-0.4, -0.2) is 25.9 Å². The molecule has 2 N–H and O–H groups in total. The Morgan fingerprint density at radius 1 is 1.05 bits per heavy atom. The fraction of sp³-hybridized carbons (Fsp3) is 0.235. The van der Waals surface area contributed by atoms with Crippen molar-refractivity contribution in [3.63, 3.8) is 0 Å². The van der Waals surface area contributed by atoms with Gasteiger partial charge in [-0.05, 0) is 24.6 Å². The number of aliphatic hydroxyl groups is 2. The molecule has 4 nitrogen and oxygen atoms in total. The maximum atomic E-state index is 11.2. The van der Waals surface area contributed by atoms with Gasteiger partial charge < -0.3 is 14.8 Å². The van der Waals surface area contributed by atoms with Crippen molar-refractivity contribution in [3.05, 3.63) is 66.0 Å². The predicted molar refractivity (Wildman–Crippen MR) is 81.8 cm³/mol. The number of aliphatic hydroxyl groups excluding tert-OH is 1. The molecule has 1 heterocycles. The lowest BCUT2D eigenvalue weighted by Gasteiger charge is -2.31. The van der Waals surface area contributed by atoms with Gasteiger partial charge in [-0.3, -0.25) is 0 Å². The molecule has 2 aromatic carbocycles. The second-order valence-electron chi connectivity index (χ2n) is 5.29. The van der Waals surface area contributed by atoms with Gasteiger partial charge in [0.05, 0.1) is 17.1 Å². The summed E-state index contributed by atoms with van der Waals surface area (Å²) >= 11 is 0. The van der Waals surface area contributed by atoms with Crippen LogP contribution in [0.25, 0.3) is 11.0 Å². The quantitative estimate of drug-likeness (QED) is 0.774. The smallest absolute Gasteiger partial charge is 0.173 e. The third-order valence-corrected chi connectivity index (χ3v) is 3.95. The summed E-state index contributed by atoms with van der Waals surface area (Å²) in [6, 6.07) is 16.8. The molecule has 21 heavy (non-hydrogen) atoms. The van der Waals surface area contributed by atoms with Gasteiger partial charge in [0, 0.05) is 7.05 Å². The average molecular weight is 282 g/mol. The van der Waals surface area contributed by atoms with Crippen LogP contribution in [0.4, 0.5) is 0 Å². The van der Waals surface area contributed by atoms with Crippen molar-refractivity contribution < 1.29 is 10.2 Å². The molecular formula is C17H18N2O2. The van der Waals surface area contributed by atoms with Crippen molar-refractivity contribution in [2.45, 2.75) is 18.6 Å². The number of benzene rings is 2. The van der Waals surface area contributed by atoms with Crippen LogP contribution in [0.1, 0.15) is 18.3 Å². The first-order chi connectivity index (χ1) is 10.0. The summed E-state index contributed by atoms with van der Waals surface area (Å²) in [6.07, 6.45) is -0.990. The number of rotatable bonds is 3. The minimum Gasteiger partial charge on any atom is -0.390 e. The number of imidazole rings is 1. The number of para-hydroxylation sites is 2. The number of aromatic nitrogens is 2. The van der Waals surface area contributed by atoms with Crippen LogP contribution in [0, 0.1) is 0 Å². The molecule has 2 atom stereocenters. The van der Waals surface area contributed by atoms with E-state index in [0.29, 0.717) is 11.4 Å². The van der Waals surface area contributed by atoms with Gasteiger partial charge in [0.1, 0.15) is 5.82 Å². The Morgan fingerprint density at radius 2 is 1.67 bits per heavy atom. The third-order valence-electron chi connectivity index (χ3n) is 3.95. The Morgan fingerprint density at radius 3 is 2.29 bits per heavy atom. The minimum atomic E-state index is -1.55. The summed E-state index contributed by atoms with van der Waals surface area (Å²) in [5.74, 6) is 0.435. The van der Waals surface area contributed by atoms with Crippen molar-refractivity contribution in [2.75, 3.05) is 0 Å². The Kier molecular flexibility index (Phi) is 3.27. The van der Waals surface area contributed by atoms with E-state index in [9.17, 15) is 10.2 Å². The van der Waals surface area contributed by atoms with Gasteiger partial charge in [0.15, 0.2) is 5.60 Å². The first kappa shape index (κ1) is 13.8. The summed E-state index contributed by atoms with van der Waals surface area (Å²) in [5, 5.41) is 21.4. The fourth-order valence-corrected chi connectivity index (χ4v) is 2.74. The first-order valence-electron chi connectivity index (χ1n) is 6.93. The maximum absolute atomic E-state index is 11.2. The highest BCUT2D eigenvalue weighted by atomic mass is 16.3. The number of aryl methyl sites for hydroxylation is 1. The van der Waals surface area contributed by atoms with E-state index in [2.05, 4.69) is 4.98 Å². The standard InChI is InChI=1S/C17H18N2O2/c1-12(20)17(21,13-8-4-3-5-9-13)16-18-14-10-6-7-11-15(14)19(16)2/h3-12,20-21H,1-2H3. The maximum Gasteiger partial charge on any atom is 0.173 e. The molecule has 0 aliphatic carbocycles. The zero-order valence-electron chi connectivity index (χ0n) is 12.1. The zero-order chi connectivity index (χ0) is 15.0. The Labute approximate surface area is 123 Å². The van der Waals surface area contributed by atoms with Crippen molar-refractivity contribution in [2.24, 2.45) is 7.05 Å². The molecule has 4 heteroatoms. The minimum absolute atomic E-state index is 0.435. The van der Waals surface area contributed by atoms with Crippen LogP contribution in [0.15, 0.2) is 54.6 Å². The van der Waals surface area contributed by atoms with E-state index in [1.54, 1.807) is 19.1 Å². The highest BCUT2D eigenvalue weighted by Crippen LogP contribution is 2.33. The molecule has 0 aliphatic rings. The van der Waals surface area contributed by atoms with Crippen LogP contribution in [0.5, 0.6) is 0 Å². The van der Waals surface area contributed by atoms with Gasteiger partial charge in [0.25, 0.3) is 0 Å². The molecule has 2 unspecified atom stereocenters. The molecule has 0 bridgehead atoms. The molecule has 0 aliphatic heterocycles. The fourth-order valence-electron chi connectivity index (χ4n) is 2.74. The third kappa shape index (κ3) is 2.04. The molecule has 0 amide bonds. The lowest BCUT2D eigenvalue weighted by molar-refractivity contribution is -0.0469. The highest BCUT2D eigenvalue weighted by Gasteiger charge is 2.41. The molecule has 0 spiro atoms. The van der Waals surface area contributed by atoms with E-state index in [0.717, 1.165) is 11.0 Å². The van der Waals surface area contributed by atoms with Gasteiger partial charge >= 0.3 is 0 Å². The second-order valence-corrected chi connectivity index (χ2v) is 5.29. The van der Waals surface area contributed by atoms with E-state index in [1.165, 1.54) is 0 Å². The topological polar surface area (TPSA) is 58.3 Å². The Balaban J connectivity index is 2.28. The van der Waals surface area contributed by atoms with E-state index in [4.69, 9.17) is 0 Å². The molecule has 3 rings (SSSR count). The molecule has 108 valence electrons. The van der Waals surface area contributed by atoms with E-state index >= 15 is 0 Å². The lowest BCUT2D eigenvalue weighted by Crippen LogP contribution is -2.41. The van der Waals surface area contributed by atoms with Crippen LogP contribution >= 0.6 is 0 Å². The summed E-state index contributed by atoms with van der Waals surface area (Å²) in [6.45, 7) is 1.58. The van der Waals surface area contributed by atoms with Gasteiger partial charge in [-0.2, -0.15) is 0 Å². The molecule has 0 saturated heterocycles. The van der Waals surface area contributed by atoms with Crippen molar-refractivity contribution >= 4 is 11.0 Å². The number of fused-ring (bicyclic) bond motifs is 1. The molecule has 0 saturated carbocycles. The van der Waals surface area contributed by atoms with Gasteiger partial charge in [0.2, 0.25) is 0 Å². The number of hydrogen-bond donors (Lipinski definition) is 2. The zero-order valence-corrected chi connectivity index (χ0v) is 12.1. The molecule has 1 aromatic heterocycles. The van der Waals surface area contributed by atoms with E-state index in [-0.39, 0.29) is 0 Å². The molecule has 0 radical (unpaired) electrons. The summed E-state index contributed by atoms with van der Waals surface area (Å²) in [5.41, 5.74) is 0.792. The Hall–Kier alpha value is -2.17. The Bertz CT molecular complexity index is 765.